The number of imidazole rings is 1. The molecule has 0 radical (unpaired) electrons. The number of benzene rings is 1. The quantitative estimate of drug-likeness (QED) is 0.456. The summed E-state index contributed by atoms with van der Waals surface area (Å²) in [5, 5.41) is 13.9. The number of pyridine rings is 1. The maximum atomic E-state index is 4.88. The van der Waals surface area contributed by atoms with Crippen LogP contribution in [0.1, 0.15) is 0 Å². The number of rotatable bonds is 3. The van der Waals surface area contributed by atoms with Gasteiger partial charge in [0.15, 0.2) is 11.5 Å². The Hall–Kier alpha value is -3.78. The van der Waals surface area contributed by atoms with Crippen molar-refractivity contribution < 1.29 is 0 Å². The third-order valence-electron chi connectivity index (χ3n) is 4.93. The van der Waals surface area contributed by atoms with Gasteiger partial charge in [-0.3, -0.25) is 9.78 Å². The number of H-pyrrole nitrogens is 2. The summed E-state index contributed by atoms with van der Waals surface area (Å²) in [6.07, 6.45) is 3.75. The van der Waals surface area contributed by atoms with E-state index in [0.717, 1.165) is 38.9 Å². The molecule has 2 N–H and O–H groups in total. The van der Waals surface area contributed by atoms with E-state index in [9.17, 15) is 0 Å². The number of fused-ring (bicyclic) bond motifs is 2. The molecule has 0 aliphatic carbocycles. The minimum absolute atomic E-state index is 0.700. The van der Waals surface area contributed by atoms with Crippen LogP contribution in [0.25, 0.3) is 55.3 Å². The summed E-state index contributed by atoms with van der Waals surface area (Å²) in [6.45, 7) is 0. The number of hydrogen-bond acceptors (Lipinski definition) is 5. The highest BCUT2D eigenvalue weighted by Crippen LogP contribution is 2.33. The molecule has 0 spiro atoms. The molecule has 0 bridgehead atoms. The largest absolute Gasteiger partial charge is 0.336 e. The standard InChI is InChI=1S/C21H15N7S/c1-28-11-12(10-22-28)14-7-8-16-19(23-14)20(27-26-16)21-24-15-5-2-4-13(18(15)25-21)17-6-3-9-29-17/h2-11H,1H3,(H,24,25)(H,26,27). The molecule has 0 fully saturated rings. The van der Waals surface area contributed by atoms with Crippen molar-refractivity contribution in [1.29, 1.82) is 0 Å². The van der Waals surface area contributed by atoms with Gasteiger partial charge in [-0.25, -0.2) is 9.97 Å². The first kappa shape index (κ1) is 16.2. The Balaban J connectivity index is 1.53. The molecule has 1 aromatic carbocycles. The molecule has 0 saturated carbocycles. The van der Waals surface area contributed by atoms with E-state index in [-0.39, 0.29) is 0 Å². The maximum absolute atomic E-state index is 4.88. The Kier molecular flexibility index (Phi) is 3.41. The first-order valence-corrected chi connectivity index (χ1v) is 10.0. The molecule has 0 unspecified atom stereocenters. The van der Waals surface area contributed by atoms with Gasteiger partial charge in [-0.2, -0.15) is 10.2 Å². The van der Waals surface area contributed by atoms with Crippen molar-refractivity contribution in [2.75, 3.05) is 0 Å². The predicted octanol–water partition coefficient (Wildman–Crippen LogP) is 4.63. The molecule has 8 heteroatoms. The van der Waals surface area contributed by atoms with Crippen LogP contribution in [-0.2, 0) is 7.05 Å². The number of nitrogens with one attached hydrogen (secondary N) is 2. The van der Waals surface area contributed by atoms with Crippen molar-refractivity contribution in [2.24, 2.45) is 7.05 Å². The van der Waals surface area contributed by atoms with Gasteiger partial charge in [0, 0.05) is 29.2 Å². The van der Waals surface area contributed by atoms with Crippen molar-refractivity contribution in [3.05, 3.63) is 60.2 Å². The summed E-state index contributed by atoms with van der Waals surface area (Å²) in [5.74, 6) is 0.700. The van der Waals surface area contributed by atoms with Crippen LogP contribution in [0.5, 0.6) is 0 Å². The van der Waals surface area contributed by atoms with E-state index in [0.29, 0.717) is 11.5 Å². The van der Waals surface area contributed by atoms with Gasteiger partial charge in [0.25, 0.3) is 0 Å². The third-order valence-corrected chi connectivity index (χ3v) is 5.84. The van der Waals surface area contributed by atoms with Gasteiger partial charge < -0.3 is 4.98 Å². The summed E-state index contributed by atoms with van der Waals surface area (Å²) in [4.78, 5) is 14.3. The first-order chi connectivity index (χ1) is 14.3. The van der Waals surface area contributed by atoms with Crippen LogP contribution in [0.2, 0.25) is 0 Å². The zero-order valence-electron chi connectivity index (χ0n) is 15.4. The fourth-order valence-electron chi connectivity index (χ4n) is 3.55. The van der Waals surface area contributed by atoms with Crippen LogP contribution in [0, 0.1) is 0 Å². The Morgan fingerprint density at radius 1 is 0.966 bits per heavy atom. The third kappa shape index (κ3) is 2.57. The van der Waals surface area contributed by atoms with Gasteiger partial charge in [0.05, 0.1) is 28.4 Å². The molecule has 0 aliphatic rings. The summed E-state index contributed by atoms with van der Waals surface area (Å²) in [7, 11) is 1.89. The fraction of sp³-hybridized carbons (Fsp3) is 0.0476. The van der Waals surface area contributed by atoms with Crippen LogP contribution >= 0.6 is 11.3 Å². The van der Waals surface area contributed by atoms with E-state index >= 15 is 0 Å². The number of para-hydroxylation sites is 1. The summed E-state index contributed by atoms with van der Waals surface area (Å²) in [6, 6.07) is 14.3. The Morgan fingerprint density at radius 2 is 1.93 bits per heavy atom. The van der Waals surface area contributed by atoms with E-state index in [4.69, 9.17) is 9.97 Å². The molecule has 7 nitrogen and oxygen atoms in total. The molecule has 0 saturated heterocycles. The average Bonchev–Trinajstić information content (AvgIpc) is 3.51. The van der Waals surface area contributed by atoms with Gasteiger partial charge >= 0.3 is 0 Å². The molecular weight excluding hydrogens is 382 g/mol. The van der Waals surface area contributed by atoms with E-state index in [1.54, 1.807) is 16.0 Å². The topological polar surface area (TPSA) is 88.1 Å². The Bertz CT molecular complexity index is 1470. The summed E-state index contributed by atoms with van der Waals surface area (Å²) >= 11 is 1.71. The van der Waals surface area contributed by atoms with Crippen molar-refractivity contribution in [3.8, 4) is 33.2 Å². The summed E-state index contributed by atoms with van der Waals surface area (Å²) in [5.41, 5.74) is 7.20. The van der Waals surface area contributed by atoms with Gasteiger partial charge in [-0.15, -0.1) is 11.3 Å². The predicted molar refractivity (Wildman–Crippen MR) is 114 cm³/mol. The second kappa shape index (κ2) is 6.11. The van der Waals surface area contributed by atoms with E-state index < -0.39 is 0 Å². The second-order valence-electron chi connectivity index (χ2n) is 6.83. The lowest BCUT2D eigenvalue weighted by Crippen LogP contribution is -1.87. The minimum Gasteiger partial charge on any atom is -0.336 e. The molecule has 6 aromatic rings. The smallest absolute Gasteiger partial charge is 0.161 e. The lowest BCUT2D eigenvalue weighted by Gasteiger charge is -1.98. The molecule has 0 amide bonds. The lowest BCUT2D eigenvalue weighted by atomic mass is 10.1. The Labute approximate surface area is 169 Å². The van der Waals surface area contributed by atoms with Crippen molar-refractivity contribution >= 4 is 33.4 Å². The van der Waals surface area contributed by atoms with Gasteiger partial charge in [-0.1, -0.05) is 18.2 Å². The van der Waals surface area contributed by atoms with Crippen LogP contribution in [0.3, 0.4) is 0 Å². The van der Waals surface area contributed by atoms with Crippen LogP contribution in [0.4, 0.5) is 0 Å². The monoisotopic (exact) mass is 397 g/mol. The molecule has 140 valence electrons. The fourth-order valence-corrected chi connectivity index (χ4v) is 4.31. The van der Waals surface area contributed by atoms with Crippen LogP contribution in [-0.4, -0.2) is 34.9 Å². The van der Waals surface area contributed by atoms with Gasteiger partial charge in [0.1, 0.15) is 5.52 Å². The highest BCUT2D eigenvalue weighted by Gasteiger charge is 2.17. The lowest BCUT2D eigenvalue weighted by molar-refractivity contribution is 0.768. The van der Waals surface area contributed by atoms with E-state index in [1.165, 1.54) is 4.88 Å². The normalized spacial score (nSPS) is 11.6. The van der Waals surface area contributed by atoms with Crippen molar-refractivity contribution in [2.45, 2.75) is 0 Å². The highest BCUT2D eigenvalue weighted by molar-refractivity contribution is 7.13. The minimum atomic E-state index is 0.700. The number of hydrogen-bond donors (Lipinski definition) is 2. The maximum Gasteiger partial charge on any atom is 0.161 e. The molecule has 5 aromatic heterocycles. The number of aryl methyl sites for hydroxylation is 1. The zero-order valence-corrected chi connectivity index (χ0v) is 16.2. The molecule has 5 heterocycles. The van der Waals surface area contributed by atoms with Gasteiger partial charge in [0.2, 0.25) is 0 Å². The molecular formula is C21H15N7S. The zero-order chi connectivity index (χ0) is 19.4. The van der Waals surface area contributed by atoms with Crippen molar-refractivity contribution in [1.82, 2.24) is 34.9 Å². The number of aromatic nitrogens is 7. The SMILES string of the molecule is Cn1cc(-c2ccc3[nH]nc(-c4nc5c(-c6cccs6)cccc5[nH]4)c3n2)cn1. The van der Waals surface area contributed by atoms with Gasteiger partial charge in [-0.05, 0) is 29.6 Å². The molecule has 0 atom stereocenters. The number of nitrogens with zero attached hydrogens (tertiary/aromatic N) is 5. The van der Waals surface area contributed by atoms with Crippen LogP contribution in [0.15, 0.2) is 60.2 Å². The highest BCUT2D eigenvalue weighted by atomic mass is 32.1. The van der Waals surface area contributed by atoms with Crippen LogP contribution < -0.4 is 0 Å². The van der Waals surface area contributed by atoms with E-state index in [1.807, 2.05) is 43.7 Å². The second-order valence-corrected chi connectivity index (χ2v) is 7.78. The Morgan fingerprint density at radius 3 is 2.76 bits per heavy atom. The number of thiophene rings is 1. The average molecular weight is 397 g/mol. The number of aromatic amines is 2. The first-order valence-electron chi connectivity index (χ1n) is 9.13. The molecule has 0 aliphatic heterocycles. The van der Waals surface area contributed by atoms with Crippen molar-refractivity contribution in [3.63, 3.8) is 0 Å². The summed E-state index contributed by atoms with van der Waals surface area (Å²) < 4.78 is 1.77. The van der Waals surface area contributed by atoms with E-state index in [2.05, 4.69) is 43.9 Å². The molecule has 6 rings (SSSR count). The molecule has 29 heavy (non-hydrogen) atoms.